The summed E-state index contributed by atoms with van der Waals surface area (Å²) >= 11 is 12.0. The predicted molar refractivity (Wildman–Crippen MR) is 81.5 cm³/mol. The van der Waals surface area contributed by atoms with Crippen LogP contribution in [0.4, 0.5) is 11.6 Å². The number of aromatic nitrogens is 2. The molecule has 0 amide bonds. The minimum Gasteiger partial charge on any atom is -0.382 e. The largest absolute Gasteiger partial charge is 0.382 e. The molecule has 0 saturated heterocycles. The Labute approximate surface area is 126 Å². The minimum absolute atomic E-state index is 0.246. The Hall–Kier alpha value is -1.90. The van der Waals surface area contributed by atoms with Gasteiger partial charge in [-0.3, -0.25) is 0 Å². The summed E-state index contributed by atoms with van der Waals surface area (Å²) in [6.45, 7) is 2.73. The van der Waals surface area contributed by atoms with Crippen LogP contribution in [0, 0.1) is 11.3 Å². The standard InChI is InChI=1S/C13H13Cl2N5/c1-2-5-18-13-9(7-16)12(17)20(19-13)11-4-3-8(14)6-10(11)15/h3-4,6H,2,5,17H2,1H3,(H,18,19). The Balaban J connectivity index is 2.52. The van der Waals surface area contributed by atoms with Crippen molar-refractivity contribution in [3.63, 3.8) is 0 Å². The minimum atomic E-state index is 0.246. The maximum absolute atomic E-state index is 9.19. The third-order valence-corrected chi connectivity index (χ3v) is 3.25. The first-order chi connectivity index (χ1) is 9.58. The van der Waals surface area contributed by atoms with Gasteiger partial charge in [-0.15, -0.1) is 5.10 Å². The van der Waals surface area contributed by atoms with Crippen LogP contribution in [0.5, 0.6) is 0 Å². The summed E-state index contributed by atoms with van der Waals surface area (Å²) in [5.41, 5.74) is 6.86. The van der Waals surface area contributed by atoms with E-state index < -0.39 is 0 Å². The van der Waals surface area contributed by atoms with Gasteiger partial charge >= 0.3 is 0 Å². The van der Waals surface area contributed by atoms with Crippen molar-refractivity contribution in [2.24, 2.45) is 0 Å². The molecule has 7 heteroatoms. The monoisotopic (exact) mass is 309 g/mol. The van der Waals surface area contributed by atoms with Crippen LogP contribution in [0.15, 0.2) is 18.2 Å². The Morgan fingerprint density at radius 1 is 1.45 bits per heavy atom. The highest BCUT2D eigenvalue weighted by atomic mass is 35.5. The van der Waals surface area contributed by atoms with E-state index in [-0.39, 0.29) is 5.82 Å². The molecule has 0 aliphatic heterocycles. The van der Waals surface area contributed by atoms with Crippen molar-refractivity contribution in [2.45, 2.75) is 13.3 Å². The van der Waals surface area contributed by atoms with Crippen molar-refractivity contribution in [1.82, 2.24) is 9.78 Å². The van der Waals surface area contributed by atoms with Gasteiger partial charge in [0.1, 0.15) is 17.5 Å². The Morgan fingerprint density at radius 2 is 2.20 bits per heavy atom. The van der Waals surface area contributed by atoms with E-state index in [1.165, 1.54) is 4.68 Å². The molecular weight excluding hydrogens is 297 g/mol. The molecule has 0 fully saturated rings. The summed E-state index contributed by atoms with van der Waals surface area (Å²) < 4.78 is 1.44. The van der Waals surface area contributed by atoms with E-state index >= 15 is 0 Å². The molecule has 2 rings (SSSR count). The summed E-state index contributed by atoms with van der Waals surface area (Å²) in [7, 11) is 0. The second-order valence-electron chi connectivity index (χ2n) is 4.15. The van der Waals surface area contributed by atoms with Crippen LogP contribution in [-0.2, 0) is 0 Å². The summed E-state index contributed by atoms with van der Waals surface area (Å²) in [5, 5.41) is 17.5. The van der Waals surface area contributed by atoms with Crippen LogP contribution in [0.25, 0.3) is 5.69 Å². The molecule has 0 atom stereocenters. The van der Waals surface area contributed by atoms with Crippen LogP contribution in [-0.4, -0.2) is 16.3 Å². The topological polar surface area (TPSA) is 79.7 Å². The highest BCUT2D eigenvalue weighted by molar-refractivity contribution is 6.35. The molecule has 0 spiro atoms. The quantitative estimate of drug-likeness (QED) is 0.906. The number of hydrogen-bond acceptors (Lipinski definition) is 4. The van der Waals surface area contributed by atoms with Gasteiger partial charge in [0.25, 0.3) is 0 Å². The molecule has 104 valence electrons. The molecule has 1 heterocycles. The summed E-state index contributed by atoms with van der Waals surface area (Å²) in [5.74, 6) is 0.702. The van der Waals surface area contributed by atoms with E-state index in [0.29, 0.717) is 33.7 Å². The Morgan fingerprint density at radius 3 is 2.80 bits per heavy atom. The zero-order chi connectivity index (χ0) is 14.7. The van der Waals surface area contributed by atoms with Crippen molar-refractivity contribution >= 4 is 34.8 Å². The summed E-state index contributed by atoms with van der Waals surface area (Å²) in [6.07, 6.45) is 0.916. The van der Waals surface area contributed by atoms with Crippen LogP contribution >= 0.6 is 23.2 Å². The third kappa shape index (κ3) is 2.67. The van der Waals surface area contributed by atoms with Crippen LogP contribution in [0.1, 0.15) is 18.9 Å². The van der Waals surface area contributed by atoms with Gasteiger partial charge in [-0.25, -0.2) is 4.68 Å². The maximum Gasteiger partial charge on any atom is 0.168 e. The lowest BCUT2D eigenvalue weighted by molar-refractivity contribution is 0.880. The number of halogens is 2. The molecule has 0 bridgehead atoms. The first-order valence-electron chi connectivity index (χ1n) is 6.06. The highest BCUT2D eigenvalue weighted by Crippen LogP contribution is 2.29. The van der Waals surface area contributed by atoms with Crippen molar-refractivity contribution in [2.75, 3.05) is 17.6 Å². The molecule has 0 aliphatic rings. The number of benzene rings is 1. The average molecular weight is 310 g/mol. The number of nitriles is 1. The van der Waals surface area contributed by atoms with Crippen molar-refractivity contribution in [3.8, 4) is 11.8 Å². The summed E-state index contributed by atoms with van der Waals surface area (Å²) in [4.78, 5) is 0. The van der Waals surface area contributed by atoms with E-state index in [1.54, 1.807) is 18.2 Å². The fourth-order valence-corrected chi connectivity index (χ4v) is 2.23. The first-order valence-corrected chi connectivity index (χ1v) is 6.82. The highest BCUT2D eigenvalue weighted by Gasteiger charge is 2.17. The normalized spacial score (nSPS) is 10.3. The van der Waals surface area contributed by atoms with Gasteiger partial charge in [0.15, 0.2) is 5.82 Å². The van der Waals surface area contributed by atoms with Gasteiger partial charge < -0.3 is 11.1 Å². The number of hydrogen-bond donors (Lipinski definition) is 2. The maximum atomic E-state index is 9.19. The van der Waals surface area contributed by atoms with Gasteiger partial charge in [0.2, 0.25) is 0 Å². The average Bonchev–Trinajstić information content (AvgIpc) is 2.72. The first kappa shape index (κ1) is 14.5. The van der Waals surface area contributed by atoms with E-state index in [2.05, 4.69) is 16.5 Å². The summed E-state index contributed by atoms with van der Waals surface area (Å²) in [6, 6.07) is 7.05. The smallest absolute Gasteiger partial charge is 0.168 e. The van der Waals surface area contributed by atoms with Gasteiger partial charge in [0.05, 0.1) is 10.7 Å². The SMILES string of the molecule is CCCNc1nn(-c2ccc(Cl)cc2Cl)c(N)c1C#N. The number of nitrogen functional groups attached to an aromatic ring is 1. The molecule has 0 saturated carbocycles. The molecule has 3 N–H and O–H groups in total. The molecule has 2 aromatic rings. The number of rotatable bonds is 4. The molecule has 0 aliphatic carbocycles. The second kappa shape index (κ2) is 6.04. The fourth-order valence-electron chi connectivity index (χ4n) is 1.75. The van der Waals surface area contributed by atoms with Crippen LogP contribution in [0.3, 0.4) is 0 Å². The molecule has 1 aromatic carbocycles. The van der Waals surface area contributed by atoms with E-state index in [1.807, 2.05) is 6.92 Å². The van der Waals surface area contributed by atoms with Gasteiger partial charge in [-0.05, 0) is 24.6 Å². The lowest BCUT2D eigenvalue weighted by Crippen LogP contribution is -2.04. The molecule has 0 unspecified atom stereocenters. The zero-order valence-electron chi connectivity index (χ0n) is 10.8. The van der Waals surface area contributed by atoms with Crippen molar-refractivity contribution in [3.05, 3.63) is 33.8 Å². The number of nitrogens with one attached hydrogen (secondary N) is 1. The second-order valence-corrected chi connectivity index (χ2v) is 5.00. The fraction of sp³-hybridized carbons (Fsp3) is 0.231. The van der Waals surface area contributed by atoms with Gasteiger partial charge in [-0.1, -0.05) is 30.1 Å². The number of nitrogens with zero attached hydrogens (tertiary/aromatic N) is 3. The van der Waals surface area contributed by atoms with Gasteiger partial charge in [0, 0.05) is 11.6 Å². The number of anilines is 2. The zero-order valence-corrected chi connectivity index (χ0v) is 12.3. The number of nitrogens with two attached hydrogens (primary N) is 1. The van der Waals surface area contributed by atoms with E-state index in [9.17, 15) is 5.26 Å². The van der Waals surface area contributed by atoms with Crippen molar-refractivity contribution < 1.29 is 0 Å². The Kier molecular flexibility index (Phi) is 4.38. The van der Waals surface area contributed by atoms with Crippen molar-refractivity contribution in [1.29, 1.82) is 5.26 Å². The lowest BCUT2D eigenvalue weighted by Gasteiger charge is -2.06. The lowest BCUT2D eigenvalue weighted by atomic mass is 10.3. The Bertz CT molecular complexity index is 672. The van der Waals surface area contributed by atoms with Crippen LogP contribution < -0.4 is 11.1 Å². The molecular formula is C13H13Cl2N5. The van der Waals surface area contributed by atoms with E-state index in [4.69, 9.17) is 28.9 Å². The molecule has 1 aromatic heterocycles. The van der Waals surface area contributed by atoms with Crippen LogP contribution in [0.2, 0.25) is 10.0 Å². The van der Waals surface area contributed by atoms with E-state index in [0.717, 1.165) is 6.42 Å². The molecule has 0 radical (unpaired) electrons. The molecule has 5 nitrogen and oxygen atoms in total. The third-order valence-electron chi connectivity index (χ3n) is 2.71. The van der Waals surface area contributed by atoms with Gasteiger partial charge in [-0.2, -0.15) is 5.26 Å². The molecule has 20 heavy (non-hydrogen) atoms. The predicted octanol–water partition coefficient (Wildman–Crippen LogP) is 3.45.